The van der Waals surface area contributed by atoms with E-state index in [-0.39, 0.29) is 24.4 Å². The van der Waals surface area contributed by atoms with E-state index < -0.39 is 17.5 Å². The lowest BCUT2D eigenvalue weighted by atomic mass is 9.98. The van der Waals surface area contributed by atoms with Gasteiger partial charge in [-0.25, -0.2) is 9.78 Å². The monoisotopic (exact) mass is 494 g/mol. The van der Waals surface area contributed by atoms with Crippen LogP contribution in [-0.4, -0.2) is 60.5 Å². The molecule has 3 N–H and O–H groups in total. The van der Waals surface area contributed by atoms with Crippen molar-refractivity contribution >= 4 is 29.0 Å². The zero-order valence-electron chi connectivity index (χ0n) is 18.9. The molecule has 1 atom stereocenters. The van der Waals surface area contributed by atoms with Gasteiger partial charge in [0.25, 0.3) is 5.91 Å². The van der Waals surface area contributed by atoms with E-state index >= 15 is 0 Å². The number of thiazole rings is 1. The minimum atomic E-state index is -1.72. The van der Waals surface area contributed by atoms with Gasteiger partial charge in [-0.2, -0.15) is 5.10 Å². The second-order valence-corrected chi connectivity index (χ2v) is 9.40. The van der Waals surface area contributed by atoms with Gasteiger partial charge in [-0.3, -0.25) is 9.48 Å². The molecule has 0 aliphatic carbocycles. The number of rotatable bonds is 7. The predicted octanol–water partition coefficient (Wildman–Crippen LogP) is 2.56. The molecule has 1 unspecified atom stereocenters. The maximum atomic E-state index is 12.4. The molecule has 1 aliphatic rings. The molecule has 0 bridgehead atoms. The molecule has 11 nitrogen and oxygen atoms in total. The number of hydrogen-bond acceptors (Lipinski definition) is 9. The second kappa shape index (κ2) is 8.64. The number of carboxylic acid groups (broad SMARTS) is 1. The molecule has 0 saturated carbocycles. The Labute approximate surface area is 203 Å². The van der Waals surface area contributed by atoms with Gasteiger partial charge in [-0.1, -0.05) is 23.4 Å². The van der Waals surface area contributed by atoms with Gasteiger partial charge in [-0.05, 0) is 6.07 Å². The van der Waals surface area contributed by atoms with Gasteiger partial charge >= 0.3 is 5.97 Å². The molecule has 4 heterocycles. The number of aromatic carboxylic acids is 1. The second-order valence-electron chi connectivity index (χ2n) is 8.32. The quantitative estimate of drug-likeness (QED) is 0.353. The lowest BCUT2D eigenvalue weighted by molar-refractivity contribution is -0.144. The number of carbonyl (C=O) groups excluding carboxylic acids is 1. The number of anilines is 1. The summed E-state index contributed by atoms with van der Waals surface area (Å²) in [5.41, 5.74) is 0.0937. The highest BCUT2D eigenvalue weighted by molar-refractivity contribution is 7.15. The van der Waals surface area contributed by atoms with E-state index in [2.05, 4.69) is 20.6 Å². The summed E-state index contributed by atoms with van der Waals surface area (Å²) in [6.45, 7) is 0.693. The van der Waals surface area contributed by atoms with Gasteiger partial charge in [0.05, 0.1) is 11.4 Å². The van der Waals surface area contributed by atoms with Crippen molar-refractivity contribution in [3.63, 3.8) is 0 Å². The van der Waals surface area contributed by atoms with Crippen molar-refractivity contribution in [2.45, 2.75) is 18.6 Å². The Morgan fingerprint density at radius 3 is 2.74 bits per heavy atom. The summed E-state index contributed by atoms with van der Waals surface area (Å²) < 4.78 is 7.00. The molecule has 4 aromatic rings. The number of carbonyl (C=O) groups is 2. The number of benzene rings is 1. The molecule has 1 fully saturated rings. The van der Waals surface area contributed by atoms with Crippen molar-refractivity contribution in [1.29, 1.82) is 0 Å². The van der Waals surface area contributed by atoms with Crippen LogP contribution in [0.5, 0.6) is 0 Å². The third kappa shape index (κ3) is 4.17. The highest BCUT2D eigenvalue weighted by atomic mass is 32.1. The molecular formula is C23H22N6O5S. The van der Waals surface area contributed by atoms with Gasteiger partial charge in [0.1, 0.15) is 16.5 Å². The number of aliphatic hydroxyl groups is 1. The van der Waals surface area contributed by atoms with Crippen LogP contribution in [0, 0.1) is 0 Å². The van der Waals surface area contributed by atoms with Crippen LogP contribution in [0.25, 0.3) is 21.8 Å². The molecule has 0 radical (unpaired) electrons. The average molecular weight is 495 g/mol. The number of likely N-dealkylation sites (tertiary alicyclic amines) is 1. The van der Waals surface area contributed by atoms with Crippen molar-refractivity contribution in [3.05, 3.63) is 58.9 Å². The smallest absolute Gasteiger partial charge is 0.355 e. The number of carboxylic acids is 1. The first-order chi connectivity index (χ1) is 16.7. The molecule has 1 aromatic carbocycles. The molecule has 3 aromatic heterocycles. The number of aryl methyl sites for hydroxylation is 1. The summed E-state index contributed by atoms with van der Waals surface area (Å²) in [6.07, 6.45) is 2.02. The third-order valence-corrected chi connectivity index (χ3v) is 6.98. The number of nitrogens with zero attached hydrogens (tertiary/aromatic N) is 5. The van der Waals surface area contributed by atoms with Crippen LogP contribution in [0.4, 0.5) is 5.82 Å². The van der Waals surface area contributed by atoms with Gasteiger partial charge in [0.15, 0.2) is 11.5 Å². The number of aromatic nitrogens is 4. The number of amides is 1. The van der Waals surface area contributed by atoms with Gasteiger partial charge in [0, 0.05) is 56.5 Å². The standard InChI is InChI=1S/C23H22N6O5S/c1-28-9-7-23(33,22(28)32)17-11-15(27-34-17)13-4-3-5-14(10-13)20-25-19(21(30)31)16(35-20)12-24-18-6-8-29(2)26-18/h3-6,8,10-11,33H,7,9,12H2,1-2H3,(H,24,26)(H,30,31). The van der Waals surface area contributed by atoms with E-state index in [9.17, 15) is 19.8 Å². The first-order valence-electron chi connectivity index (χ1n) is 10.8. The van der Waals surface area contributed by atoms with E-state index in [1.807, 2.05) is 18.2 Å². The van der Waals surface area contributed by atoms with Crippen molar-refractivity contribution < 1.29 is 24.3 Å². The van der Waals surface area contributed by atoms with Crippen molar-refractivity contribution in [1.82, 2.24) is 24.8 Å². The van der Waals surface area contributed by atoms with Gasteiger partial charge in [-0.15, -0.1) is 11.3 Å². The molecule has 35 heavy (non-hydrogen) atoms. The van der Waals surface area contributed by atoms with Crippen molar-refractivity contribution in [2.24, 2.45) is 7.05 Å². The van der Waals surface area contributed by atoms with Crippen LogP contribution in [0.15, 0.2) is 47.1 Å². The van der Waals surface area contributed by atoms with Crippen LogP contribution in [0.1, 0.15) is 27.5 Å². The predicted molar refractivity (Wildman–Crippen MR) is 127 cm³/mol. The number of likely N-dealkylation sites (N-methyl/N-ethyl adjacent to an activating group) is 1. The highest BCUT2D eigenvalue weighted by Gasteiger charge is 2.48. The molecule has 12 heteroatoms. The van der Waals surface area contributed by atoms with Crippen molar-refractivity contribution in [2.75, 3.05) is 18.9 Å². The van der Waals surface area contributed by atoms with E-state index in [4.69, 9.17) is 4.52 Å². The Morgan fingerprint density at radius 2 is 2.06 bits per heavy atom. The summed E-state index contributed by atoms with van der Waals surface area (Å²) >= 11 is 1.27. The summed E-state index contributed by atoms with van der Waals surface area (Å²) in [4.78, 5) is 30.5. The average Bonchev–Trinajstić information content (AvgIpc) is 3.63. The maximum Gasteiger partial charge on any atom is 0.355 e. The van der Waals surface area contributed by atoms with Crippen LogP contribution in [-0.2, 0) is 24.0 Å². The Hall–Kier alpha value is -4.03. The van der Waals surface area contributed by atoms with Crippen molar-refractivity contribution in [3.8, 4) is 21.8 Å². The first kappa shape index (κ1) is 22.7. The zero-order chi connectivity index (χ0) is 24.7. The molecule has 1 amide bonds. The first-order valence-corrected chi connectivity index (χ1v) is 11.6. The Balaban J connectivity index is 1.42. The van der Waals surface area contributed by atoms with Gasteiger partial charge in [0.2, 0.25) is 5.60 Å². The van der Waals surface area contributed by atoms with E-state index in [0.29, 0.717) is 39.1 Å². The molecule has 1 aliphatic heterocycles. The largest absolute Gasteiger partial charge is 0.476 e. The number of hydrogen-bond donors (Lipinski definition) is 3. The Morgan fingerprint density at radius 1 is 1.26 bits per heavy atom. The van der Waals surface area contributed by atoms with Gasteiger partial charge < -0.3 is 25.0 Å². The summed E-state index contributed by atoms with van der Waals surface area (Å²) in [7, 11) is 3.43. The van der Waals surface area contributed by atoms with Crippen LogP contribution >= 0.6 is 11.3 Å². The fourth-order valence-corrected chi connectivity index (χ4v) is 4.93. The molecule has 1 saturated heterocycles. The molecular weight excluding hydrogens is 472 g/mol. The van der Waals surface area contributed by atoms with Crippen LogP contribution in [0.2, 0.25) is 0 Å². The van der Waals surface area contributed by atoms with E-state index in [1.54, 1.807) is 43.2 Å². The third-order valence-electron chi connectivity index (χ3n) is 5.88. The minimum absolute atomic E-state index is 0.0198. The Bertz CT molecular complexity index is 1430. The van der Waals surface area contributed by atoms with Crippen LogP contribution < -0.4 is 5.32 Å². The topological polar surface area (TPSA) is 147 Å². The Kier molecular flexibility index (Phi) is 5.61. The SMILES string of the molecule is CN1CCC(O)(c2cc(-c3cccc(-c4nc(C(=O)O)c(CNc5ccn(C)n5)s4)c3)no2)C1=O. The van der Waals surface area contributed by atoms with Crippen LogP contribution in [0.3, 0.4) is 0 Å². The minimum Gasteiger partial charge on any atom is -0.476 e. The fourth-order valence-electron chi connectivity index (χ4n) is 3.94. The van der Waals surface area contributed by atoms with E-state index in [1.165, 1.54) is 16.2 Å². The molecule has 0 spiro atoms. The lowest BCUT2D eigenvalue weighted by Crippen LogP contribution is -2.35. The fraction of sp³-hybridized carbons (Fsp3) is 0.261. The maximum absolute atomic E-state index is 12.4. The summed E-state index contributed by atoms with van der Waals surface area (Å²) in [6, 6.07) is 10.6. The summed E-state index contributed by atoms with van der Waals surface area (Å²) in [5.74, 6) is -0.805. The highest BCUT2D eigenvalue weighted by Crippen LogP contribution is 2.36. The normalized spacial score (nSPS) is 17.8. The molecule has 5 rings (SSSR count). The molecule has 180 valence electrons. The lowest BCUT2D eigenvalue weighted by Gasteiger charge is -2.16. The number of nitrogens with one attached hydrogen (secondary N) is 1. The van der Waals surface area contributed by atoms with E-state index in [0.717, 1.165) is 0 Å². The zero-order valence-corrected chi connectivity index (χ0v) is 19.7. The summed E-state index contributed by atoms with van der Waals surface area (Å²) in [5, 5.41) is 32.4.